The first-order valence-corrected chi connectivity index (χ1v) is 4.28. The second-order valence-corrected chi connectivity index (χ2v) is 3.49. The predicted octanol–water partition coefficient (Wildman–Crippen LogP) is 2.31. The molecular formula is C10H13NO. The predicted molar refractivity (Wildman–Crippen MR) is 49.6 cm³/mol. The van der Waals surface area contributed by atoms with Gasteiger partial charge in [0.25, 0.3) is 0 Å². The van der Waals surface area contributed by atoms with Gasteiger partial charge in [-0.1, -0.05) is 6.92 Å². The molecule has 2 unspecified atom stereocenters. The minimum absolute atomic E-state index is 0.358. The van der Waals surface area contributed by atoms with Gasteiger partial charge in [0.05, 0.1) is 0 Å². The van der Waals surface area contributed by atoms with Crippen LogP contribution in [0.25, 0.3) is 0 Å². The van der Waals surface area contributed by atoms with Gasteiger partial charge in [0, 0.05) is 17.6 Å². The van der Waals surface area contributed by atoms with Crippen molar-refractivity contribution in [3.8, 4) is 5.75 Å². The third kappa shape index (κ3) is 0.951. The van der Waals surface area contributed by atoms with Gasteiger partial charge in [0.2, 0.25) is 0 Å². The SMILES string of the molecule is CC1Nc2ccc(O)cc2C1C. The zero-order valence-electron chi connectivity index (χ0n) is 7.33. The smallest absolute Gasteiger partial charge is 0.116 e. The molecule has 12 heavy (non-hydrogen) atoms. The summed E-state index contributed by atoms with van der Waals surface area (Å²) < 4.78 is 0. The second-order valence-electron chi connectivity index (χ2n) is 3.49. The molecular weight excluding hydrogens is 150 g/mol. The molecule has 0 radical (unpaired) electrons. The minimum Gasteiger partial charge on any atom is -0.508 e. The molecule has 0 saturated heterocycles. The van der Waals surface area contributed by atoms with E-state index in [1.54, 1.807) is 6.07 Å². The average molecular weight is 163 g/mol. The molecule has 2 rings (SSSR count). The van der Waals surface area contributed by atoms with Crippen molar-refractivity contribution in [3.63, 3.8) is 0 Å². The van der Waals surface area contributed by atoms with E-state index in [1.165, 1.54) is 5.56 Å². The Morgan fingerprint density at radius 2 is 2.08 bits per heavy atom. The van der Waals surface area contributed by atoms with E-state index >= 15 is 0 Å². The number of aromatic hydroxyl groups is 1. The summed E-state index contributed by atoms with van der Waals surface area (Å²) >= 11 is 0. The van der Waals surface area contributed by atoms with Crippen LogP contribution < -0.4 is 5.32 Å². The lowest BCUT2D eigenvalue weighted by atomic mass is 9.98. The van der Waals surface area contributed by atoms with Crippen LogP contribution in [0.1, 0.15) is 25.3 Å². The van der Waals surface area contributed by atoms with Crippen LogP contribution in [-0.4, -0.2) is 11.1 Å². The molecule has 2 nitrogen and oxygen atoms in total. The summed E-state index contributed by atoms with van der Waals surface area (Å²) in [5.74, 6) is 0.851. The Labute approximate surface area is 72.2 Å². The van der Waals surface area contributed by atoms with E-state index in [9.17, 15) is 5.11 Å². The van der Waals surface area contributed by atoms with Gasteiger partial charge in [0.1, 0.15) is 5.75 Å². The van der Waals surface area contributed by atoms with E-state index in [4.69, 9.17) is 0 Å². The van der Waals surface area contributed by atoms with Gasteiger partial charge in [0.15, 0.2) is 0 Å². The lowest BCUT2D eigenvalue weighted by Gasteiger charge is -2.08. The standard InChI is InChI=1S/C10H13NO/c1-6-7(2)11-10-4-3-8(12)5-9(6)10/h3-7,11-12H,1-2H3. The highest BCUT2D eigenvalue weighted by Gasteiger charge is 2.24. The van der Waals surface area contributed by atoms with Crippen LogP contribution in [0, 0.1) is 0 Å². The lowest BCUT2D eigenvalue weighted by molar-refractivity contribution is 0.474. The van der Waals surface area contributed by atoms with Gasteiger partial charge in [-0.05, 0) is 30.7 Å². The quantitative estimate of drug-likeness (QED) is 0.575. The molecule has 2 atom stereocenters. The molecule has 2 N–H and O–H groups in total. The largest absolute Gasteiger partial charge is 0.508 e. The number of benzene rings is 1. The summed E-state index contributed by atoms with van der Waals surface area (Å²) in [5.41, 5.74) is 2.38. The summed E-state index contributed by atoms with van der Waals surface area (Å²) in [6.07, 6.45) is 0. The van der Waals surface area contributed by atoms with Crippen molar-refractivity contribution in [1.29, 1.82) is 0 Å². The maximum atomic E-state index is 9.27. The Morgan fingerprint density at radius 1 is 1.33 bits per heavy atom. The molecule has 1 aliphatic rings. The van der Waals surface area contributed by atoms with Crippen LogP contribution in [0.15, 0.2) is 18.2 Å². The van der Waals surface area contributed by atoms with Crippen molar-refractivity contribution in [3.05, 3.63) is 23.8 Å². The van der Waals surface area contributed by atoms with Gasteiger partial charge >= 0.3 is 0 Å². The summed E-state index contributed by atoms with van der Waals surface area (Å²) in [4.78, 5) is 0. The third-order valence-electron chi connectivity index (χ3n) is 2.66. The number of hydrogen-bond donors (Lipinski definition) is 2. The number of rotatable bonds is 0. The van der Waals surface area contributed by atoms with Crippen LogP contribution in [0.4, 0.5) is 5.69 Å². The summed E-state index contributed by atoms with van der Waals surface area (Å²) in [7, 11) is 0. The van der Waals surface area contributed by atoms with Gasteiger partial charge in [-0.2, -0.15) is 0 Å². The number of fused-ring (bicyclic) bond motifs is 1. The Kier molecular flexibility index (Phi) is 1.50. The van der Waals surface area contributed by atoms with Crippen LogP contribution in [-0.2, 0) is 0 Å². The number of phenols is 1. The topological polar surface area (TPSA) is 32.3 Å². The fraction of sp³-hybridized carbons (Fsp3) is 0.400. The van der Waals surface area contributed by atoms with Crippen LogP contribution in [0.3, 0.4) is 0 Å². The number of nitrogens with one attached hydrogen (secondary N) is 1. The van der Waals surface area contributed by atoms with E-state index in [2.05, 4.69) is 19.2 Å². The van der Waals surface area contributed by atoms with Crippen LogP contribution >= 0.6 is 0 Å². The summed E-state index contributed by atoms with van der Waals surface area (Å²) in [6, 6.07) is 5.97. The number of anilines is 1. The van der Waals surface area contributed by atoms with Crippen molar-refractivity contribution >= 4 is 5.69 Å². The number of hydrogen-bond acceptors (Lipinski definition) is 2. The average Bonchev–Trinajstić information content (AvgIpc) is 2.31. The molecule has 0 bridgehead atoms. The first kappa shape index (κ1) is 7.47. The normalized spacial score (nSPS) is 26.5. The van der Waals surface area contributed by atoms with Gasteiger partial charge in [-0.3, -0.25) is 0 Å². The minimum atomic E-state index is 0.358. The molecule has 0 aromatic heterocycles. The monoisotopic (exact) mass is 163 g/mol. The Bertz CT molecular complexity index is 309. The molecule has 1 aliphatic heterocycles. The van der Waals surface area contributed by atoms with E-state index in [0.29, 0.717) is 17.7 Å². The highest BCUT2D eigenvalue weighted by atomic mass is 16.3. The Hall–Kier alpha value is -1.18. The van der Waals surface area contributed by atoms with E-state index in [1.807, 2.05) is 12.1 Å². The lowest BCUT2D eigenvalue weighted by Crippen LogP contribution is -2.12. The maximum absolute atomic E-state index is 9.27. The van der Waals surface area contributed by atoms with E-state index in [0.717, 1.165) is 5.69 Å². The van der Waals surface area contributed by atoms with E-state index < -0.39 is 0 Å². The molecule has 64 valence electrons. The Morgan fingerprint density at radius 3 is 2.83 bits per heavy atom. The molecule has 0 saturated carbocycles. The zero-order chi connectivity index (χ0) is 8.72. The molecule has 1 aromatic carbocycles. The van der Waals surface area contributed by atoms with Crippen LogP contribution in [0.2, 0.25) is 0 Å². The van der Waals surface area contributed by atoms with E-state index in [-0.39, 0.29) is 0 Å². The first-order valence-electron chi connectivity index (χ1n) is 4.28. The molecule has 0 fully saturated rings. The molecule has 1 aromatic rings. The van der Waals surface area contributed by atoms with Crippen molar-refractivity contribution in [1.82, 2.24) is 0 Å². The fourth-order valence-corrected chi connectivity index (χ4v) is 1.70. The van der Waals surface area contributed by atoms with Crippen molar-refractivity contribution in [2.24, 2.45) is 0 Å². The van der Waals surface area contributed by atoms with Crippen molar-refractivity contribution < 1.29 is 5.11 Å². The van der Waals surface area contributed by atoms with Crippen molar-refractivity contribution in [2.45, 2.75) is 25.8 Å². The number of phenolic OH excluding ortho intramolecular Hbond substituents is 1. The van der Waals surface area contributed by atoms with Crippen molar-refractivity contribution in [2.75, 3.05) is 5.32 Å². The van der Waals surface area contributed by atoms with Gasteiger partial charge < -0.3 is 10.4 Å². The molecule has 0 amide bonds. The molecule has 1 heterocycles. The highest BCUT2D eigenvalue weighted by molar-refractivity contribution is 5.60. The van der Waals surface area contributed by atoms with Gasteiger partial charge in [-0.25, -0.2) is 0 Å². The summed E-state index contributed by atoms with van der Waals surface area (Å²) in [6.45, 7) is 4.32. The fourth-order valence-electron chi connectivity index (χ4n) is 1.70. The second kappa shape index (κ2) is 2.41. The maximum Gasteiger partial charge on any atom is 0.116 e. The molecule has 0 aliphatic carbocycles. The highest BCUT2D eigenvalue weighted by Crippen LogP contribution is 2.37. The van der Waals surface area contributed by atoms with Gasteiger partial charge in [-0.15, -0.1) is 0 Å². The Balaban J connectivity index is 2.48. The summed E-state index contributed by atoms with van der Waals surface area (Å²) in [5, 5.41) is 12.6. The molecule has 0 spiro atoms. The molecule has 2 heteroatoms. The zero-order valence-corrected chi connectivity index (χ0v) is 7.33. The third-order valence-corrected chi connectivity index (χ3v) is 2.66. The first-order chi connectivity index (χ1) is 5.68. The van der Waals surface area contributed by atoms with Crippen LogP contribution in [0.5, 0.6) is 5.75 Å².